The van der Waals surface area contributed by atoms with E-state index < -0.39 is 0 Å². The van der Waals surface area contributed by atoms with Crippen molar-refractivity contribution >= 4 is 17.7 Å². The summed E-state index contributed by atoms with van der Waals surface area (Å²) < 4.78 is 0. The molecule has 3 aliphatic heterocycles. The Balaban J connectivity index is 1.53. The predicted octanol–water partition coefficient (Wildman–Crippen LogP) is 1.73. The van der Waals surface area contributed by atoms with Gasteiger partial charge in [0.05, 0.1) is 0 Å². The summed E-state index contributed by atoms with van der Waals surface area (Å²) in [6.45, 7) is 4.36. The SMILES string of the molecule is O=C(C1CCSCC1)N1CCC2(CCNC2)CC1. The van der Waals surface area contributed by atoms with Crippen LogP contribution in [0.5, 0.6) is 0 Å². The molecule has 18 heavy (non-hydrogen) atoms. The summed E-state index contributed by atoms with van der Waals surface area (Å²) in [4.78, 5) is 14.6. The van der Waals surface area contributed by atoms with Crippen molar-refractivity contribution in [3.63, 3.8) is 0 Å². The number of piperidine rings is 1. The Morgan fingerprint density at radius 3 is 2.50 bits per heavy atom. The van der Waals surface area contributed by atoms with Crippen molar-refractivity contribution < 1.29 is 4.79 Å². The Bertz CT molecular complexity index is 299. The van der Waals surface area contributed by atoms with E-state index in [1.807, 2.05) is 11.8 Å². The number of hydrogen-bond acceptors (Lipinski definition) is 3. The number of thioether (sulfide) groups is 1. The van der Waals surface area contributed by atoms with Gasteiger partial charge < -0.3 is 10.2 Å². The highest BCUT2D eigenvalue weighted by atomic mass is 32.2. The van der Waals surface area contributed by atoms with Gasteiger partial charge in [0.15, 0.2) is 0 Å². The maximum absolute atomic E-state index is 12.5. The van der Waals surface area contributed by atoms with E-state index >= 15 is 0 Å². The molecular weight excluding hydrogens is 244 g/mol. The number of carbonyl (C=O) groups excluding carboxylic acids is 1. The molecule has 3 heterocycles. The van der Waals surface area contributed by atoms with E-state index in [2.05, 4.69) is 10.2 Å². The topological polar surface area (TPSA) is 32.3 Å². The molecule has 0 bridgehead atoms. The Labute approximate surface area is 114 Å². The van der Waals surface area contributed by atoms with Crippen LogP contribution in [0.4, 0.5) is 0 Å². The second-order valence-corrected chi connectivity index (χ2v) is 7.36. The molecule has 4 heteroatoms. The third-order valence-corrected chi connectivity index (χ3v) is 6.09. The van der Waals surface area contributed by atoms with Gasteiger partial charge >= 0.3 is 0 Å². The van der Waals surface area contributed by atoms with Crippen molar-refractivity contribution in [2.24, 2.45) is 11.3 Å². The van der Waals surface area contributed by atoms with Crippen molar-refractivity contribution in [1.29, 1.82) is 0 Å². The van der Waals surface area contributed by atoms with Crippen LogP contribution in [0.3, 0.4) is 0 Å². The lowest BCUT2D eigenvalue weighted by atomic mass is 9.77. The minimum absolute atomic E-state index is 0.335. The number of carbonyl (C=O) groups is 1. The molecule has 0 aromatic rings. The first-order valence-electron chi connectivity index (χ1n) is 7.36. The van der Waals surface area contributed by atoms with Crippen LogP contribution in [0.15, 0.2) is 0 Å². The van der Waals surface area contributed by atoms with E-state index in [-0.39, 0.29) is 0 Å². The average Bonchev–Trinajstić information content (AvgIpc) is 2.88. The first-order valence-corrected chi connectivity index (χ1v) is 8.52. The molecule has 3 fully saturated rings. The fourth-order valence-corrected chi connectivity index (χ4v) is 4.73. The number of nitrogens with zero attached hydrogens (tertiary/aromatic N) is 1. The molecule has 1 amide bonds. The Morgan fingerprint density at radius 1 is 1.17 bits per heavy atom. The maximum Gasteiger partial charge on any atom is 0.225 e. The first kappa shape index (κ1) is 12.8. The molecule has 1 N–H and O–H groups in total. The fraction of sp³-hybridized carbons (Fsp3) is 0.929. The van der Waals surface area contributed by atoms with Crippen molar-refractivity contribution in [2.45, 2.75) is 32.1 Å². The number of hydrogen-bond donors (Lipinski definition) is 1. The predicted molar refractivity (Wildman–Crippen MR) is 75.8 cm³/mol. The lowest BCUT2D eigenvalue weighted by molar-refractivity contribution is -0.138. The summed E-state index contributed by atoms with van der Waals surface area (Å²) in [5.74, 6) is 3.15. The fourth-order valence-electron chi connectivity index (χ4n) is 3.63. The molecule has 0 aliphatic carbocycles. The quantitative estimate of drug-likeness (QED) is 0.786. The van der Waals surface area contributed by atoms with Gasteiger partial charge in [-0.1, -0.05) is 0 Å². The molecule has 0 unspecified atom stereocenters. The molecule has 0 radical (unpaired) electrons. The van der Waals surface area contributed by atoms with Gasteiger partial charge in [0.25, 0.3) is 0 Å². The van der Waals surface area contributed by atoms with Crippen LogP contribution in [-0.2, 0) is 4.79 Å². The van der Waals surface area contributed by atoms with Crippen LogP contribution in [-0.4, -0.2) is 48.5 Å². The van der Waals surface area contributed by atoms with E-state index in [9.17, 15) is 4.79 Å². The summed E-state index contributed by atoms with van der Waals surface area (Å²) in [7, 11) is 0. The lowest BCUT2D eigenvalue weighted by Gasteiger charge is -2.40. The van der Waals surface area contributed by atoms with Crippen LogP contribution >= 0.6 is 11.8 Å². The van der Waals surface area contributed by atoms with Gasteiger partial charge in [0.1, 0.15) is 0 Å². The van der Waals surface area contributed by atoms with E-state index in [1.54, 1.807) is 0 Å². The van der Waals surface area contributed by atoms with Crippen LogP contribution in [0.2, 0.25) is 0 Å². The van der Waals surface area contributed by atoms with E-state index in [4.69, 9.17) is 0 Å². The molecule has 3 rings (SSSR count). The van der Waals surface area contributed by atoms with E-state index in [1.165, 1.54) is 43.9 Å². The van der Waals surface area contributed by atoms with Crippen molar-refractivity contribution in [2.75, 3.05) is 37.7 Å². The summed E-state index contributed by atoms with van der Waals surface area (Å²) >= 11 is 2.00. The van der Waals surface area contributed by atoms with Gasteiger partial charge in [-0.25, -0.2) is 0 Å². The molecule has 3 nitrogen and oxygen atoms in total. The molecule has 3 saturated heterocycles. The normalized spacial score (nSPS) is 28.8. The van der Waals surface area contributed by atoms with Crippen molar-refractivity contribution in [3.05, 3.63) is 0 Å². The minimum atomic E-state index is 0.335. The Hall–Kier alpha value is -0.220. The summed E-state index contributed by atoms with van der Waals surface area (Å²) in [6, 6.07) is 0. The third kappa shape index (κ3) is 2.55. The van der Waals surface area contributed by atoms with Crippen molar-refractivity contribution in [1.82, 2.24) is 10.2 Å². The molecule has 0 atom stereocenters. The number of amides is 1. The monoisotopic (exact) mass is 268 g/mol. The molecule has 0 aromatic heterocycles. The van der Waals surface area contributed by atoms with E-state index in [0.29, 0.717) is 17.2 Å². The summed E-state index contributed by atoms with van der Waals surface area (Å²) in [6.07, 6.45) is 5.95. The minimum Gasteiger partial charge on any atom is -0.342 e. The molecule has 102 valence electrons. The molecule has 0 aromatic carbocycles. The van der Waals surface area contributed by atoms with Gasteiger partial charge in [-0.05, 0) is 55.6 Å². The third-order valence-electron chi connectivity index (χ3n) is 5.04. The van der Waals surface area contributed by atoms with Gasteiger partial charge in [0, 0.05) is 25.6 Å². The van der Waals surface area contributed by atoms with E-state index in [0.717, 1.165) is 25.9 Å². The van der Waals surface area contributed by atoms with Gasteiger partial charge in [-0.3, -0.25) is 4.79 Å². The van der Waals surface area contributed by atoms with Crippen LogP contribution < -0.4 is 5.32 Å². The van der Waals surface area contributed by atoms with Gasteiger partial charge in [-0.15, -0.1) is 0 Å². The number of nitrogens with one attached hydrogen (secondary N) is 1. The first-order chi connectivity index (χ1) is 8.79. The lowest BCUT2D eigenvalue weighted by Crippen LogP contribution is -2.46. The zero-order valence-electron chi connectivity index (χ0n) is 11.1. The second-order valence-electron chi connectivity index (χ2n) is 6.14. The maximum atomic E-state index is 12.5. The zero-order valence-corrected chi connectivity index (χ0v) is 11.9. The summed E-state index contributed by atoms with van der Waals surface area (Å²) in [5.41, 5.74) is 0.527. The van der Waals surface area contributed by atoms with Crippen LogP contribution in [0, 0.1) is 11.3 Å². The van der Waals surface area contributed by atoms with Crippen LogP contribution in [0.1, 0.15) is 32.1 Å². The highest BCUT2D eigenvalue weighted by molar-refractivity contribution is 7.99. The molecule has 3 aliphatic rings. The Morgan fingerprint density at radius 2 is 1.89 bits per heavy atom. The molecular formula is C14H24N2OS. The molecule has 0 saturated carbocycles. The highest BCUT2D eigenvalue weighted by Crippen LogP contribution is 2.37. The highest BCUT2D eigenvalue weighted by Gasteiger charge is 2.39. The number of rotatable bonds is 1. The zero-order chi connectivity index (χ0) is 12.4. The summed E-state index contributed by atoms with van der Waals surface area (Å²) in [5, 5.41) is 3.48. The van der Waals surface area contributed by atoms with Crippen LogP contribution in [0.25, 0.3) is 0 Å². The van der Waals surface area contributed by atoms with Gasteiger partial charge in [-0.2, -0.15) is 11.8 Å². The Kier molecular flexibility index (Phi) is 3.85. The smallest absolute Gasteiger partial charge is 0.225 e. The standard InChI is InChI=1S/C14H24N2OS/c17-13(12-1-9-18-10-2-12)16-7-4-14(5-8-16)3-6-15-11-14/h12,15H,1-11H2. The average molecular weight is 268 g/mol. The molecule has 1 spiro atoms. The largest absolute Gasteiger partial charge is 0.342 e. The second kappa shape index (κ2) is 5.41. The van der Waals surface area contributed by atoms with Crippen molar-refractivity contribution in [3.8, 4) is 0 Å². The van der Waals surface area contributed by atoms with Gasteiger partial charge in [0.2, 0.25) is 5.91 Å². The number of likely N-dealkylation sites (tertiary alicyclic amines) is 1.